The molecule has 0 aromatic heterocycles. The molecule has 1 fully saturated rings. The maximum absolute atomic E-state index is 10.7. The second kappa shape index (κ2) is 2.35. The summed E-state index contributed by atoms with van der Waals surface area (Å²) in [7, 11) is 0. The lowest BCUT2D eigenvalue weighted by molar-refractivity contribution is -0.129. The van der Waals surface area contributed by atoms with Crippen LogP contribution in [-0.2, 0) is 4.79 Å². The quantitative estimate of drug-likeness (QED) is 0.495. The molecule has 0 unspecified atom stereocenters. The summed E-state index contributed by atoms with van der Waals surface area (Å²) in [5.74, 6) is 0.0972. The molecule has 1 aliphatic heterocycles. The zero-order valence-electron chi connectivity index (χ0n) is 5.63. The highest BCUT2D eigenvalue weighted by Gasteiger charge is 2.21. The second-order valence-corrected chi connectivity index (χ2v) is 2.42. The lowest BCUT2D eigenvalue weighted by Gasteiger charge is -2.18. The first-order chi connectivity index (χ1) is 4.22. The predicted molar refractivity (Wildman–Crippen MR) is 34.6 cm³/mol. The molecule has 1 saturated heterocycles. The largest absolute Gasteiger partial charge is 0.328 e. The zero-order valence-corrected chi connectivity index (χ0v) is 5.63. The van der Waals surface area contributed by atoms with E-state index in [-0.39, 0.29) is 12.1 Å². The molecule has 1 amide bonds. The third kappa shape index (κ3) is 1.21. The van der Waals surface area contributed by atoms with Gasteiger partial charge in [-0.2, -0.15) is 0 Å². The number of hydrogen-bond acceptors (Lipinski definition) is 2. The first-order valence-corrected chi connectivity index (χ1v) is 3.24. The number of amides is 1. The van der Waals surface area contributed by atoms with E-state index in [1.54, 1.807) is 11.8 Å². The van der Waals surface area contributed by atoms with Crippen LogP contribution in [0.4, 0.5) is 0 Å². The number of carbonyl (C=O) groups is 1. The van der Waals surface area contributed by atoms with Gasteiger partial charge in [-0.1, -0.05) is 0 Å². The van der Waals surface area contributed by atoms with E-state index >= 15 is 0 Å². The van der Waals surface area contributed by atoms with Gasteiger partial charge in [0.15, 0.2) is 0 Å². The third-order valence-corrected chi connectivity index (χ3v) is 1.70. The molecule has 0 aliphatic carbocycles. The van der Waals surface area contributed by atoms with E-state index in [0.717, 1.165) is 19.4 Å². The molecule has 1 atom stereocenters. The Morgan fingerprint density at radius 1 is 1.78 bits per heavy atom. The average molecular weight is 128 g/mol. The van der Waals surface area contributed by atoms with Crippen molar-refractivity contribution >= 4 is 5.91 Å². The van der Waals surface area contributed by atoms with Crippen LogP contribution < -0.4 is 5.73 Å². The van der Waals surface area contributed by atoms with Crippen molar-refractivity contribution in [3.63, 3.8) is 0 Å². The summed E-state index contributed by atoms with van der Waals surface area (Å²) >= 11 is 0. The molecule has 1 heterocycles. The lowest BCUT2D eigenvalue weighted by Crippen LogP contribution is -2.39. The van der Waals surface area contributed by atoms with E-state index in [0.29, 0.717) is 0 Å². The zero-order chi connectivity index (χ0) is 6.85. The Morgan fingerprint density at radius 2 is 2.44 bits per heavy atom. The van der Waals surface area contributed by atoms with Crippen LogP contribution in [-0.4, -0.2) is 23.5 Å². The van der Waals surface area contributed by atoms with Gasteiger partial charge < -0.3 is 10.6 Å². The normalized spacial score (nSPS) is 26.9. The summed E-state index contributed by atoms with van der Waals surface area (Å²) in [4.78, 5) is 12.4. The summed E-state index contributed by atoms with van der Waals surface area (Å²) in [6.07, 6.45) is 2.00. The number of likely N-dealkylation sites (tertiary alicyclic amines) is 1. The highest BCUT2D eigenvalue weighted by molar-refractivity contribution is 5.73. The molecule has 0 bridgehead atoms. The van der Waals surface area contributed by atoms with Crippen molar-refractivity contribution in [2.75, 3.05) is 6.54 Å². The number of rotatable bonds is 0. The van der Waals surface area contributed by atoms with Crippen molar-refractivity contribution in [3.05, 3.63) is 0 Å². The van der Waals surface area contributed by atoms with Gasteiger partial charge in [0.2, 0.25) is 5.91 Å². The van der Waals surface area contributed by atoms with Crippen molar-refractivity contribution in [3.8, 4) is 0 Å². The molecular formula is C6H12N2O. The topological polar surface area (TPSA) is 46.3 Å². The molecule has 3 nitrogen and oxygen atoms in total. The molecule has 0 aromatic rings. The molecule has 3 heteroatoms. The van der Waals surface area contributed by atoms with Crippen LogP contribution in [0.1, 0.15) is 19.8 Å². The summed E-state index contributed by atoms with van der Waals surface area (Å²) in [6.45, 7) is 2.40. The molecular weight excluding hydrogens is 116 g/mol. The first kappa shape index (κ1) is 6.55. The molecule has 9 heavy (non-hydrogen) atoms. The fourth-order valence-corrected chi connectivity index (χ4v) is 1.18. The fourth-order valence-electron chi connectivity index (χ4n) is 1.18. The Labute approximate surface area is 54.8 Å². The molecule has 52 valence electrons. The van der Waals surface area contributed by atoms with Crippen molar-refractivity contribution in [2.24, 2.45) is 5.73 Å². The van der Waals surface area contributed by atoms with Gasteiger partial charge in [0, 0.05) is 13.5 Å². The van der Waals surface area contributed by atoms with E-state index in [4.69, 9.17) is 5.73 Å². The van der Waals surface area contributed by atoms with Gasteiger partial charge in [-0.25, -0.2) is 0 Å². The first-order valence-electron chi connectivity index (χ1n) is 3.24. The maximum Gasteiger partial charge on any atom is 0.220 e. The van der Waals surface area contributed by atoms with Gasteiger partial charge in [-0.15, -0.1) is 0 Å². The van der Waals surface area contributed by atoms with Crippen LogP contribution in [0.25, 0.3) is 0 Å². The van der Waals surface area contributed by atoms with E-state index in [2.05, 4.69) is 0 Å². The average Bonchev–Trinajstić information content (AvgIpc) is 2.13. The molecule has 1 aliphatic rings. The lowest BCUT2D eigenvalue weighted by atomic mass is 10.3. The van der Waals surface area contributed by atoms with Crippen molar-refractivity contribution in [2.45, 2.75) is 25.9 Å². The Hall–Kier alpha value is -0.570. The Bertz CT molecular complexity index is 124. The van der Waals surface area contributed by atoms with Crippen molar-refractivity contribution < 1.29 is 4.79 Å². The van der Waals surface area contributed by atoms with Crippen LogP contribution in [0, 0.1) is 0 Å². The number of carbonyl (C=O) groups excluding carboxylic acids is 1. The number of hydrogen-bond donors (Lipinski definition) is 1. The van der Waals surface area contributed by atoms with Crippen LogP contribution in [0.5, 0.6) is 0 Å². The minimum atomic E-state index is -0.0116. The van der Waals surface area contributed by atoms with Crippen molar-refractivity contribution in [1.82, 2.24) is 4.90 Å². The summed E-state index contributed by atoms with van der Waals surface area (Å²) in [5.41, 5.74) is 5.58. The van der Waals surface area contributed by atoms with Gasteiger partial charge in [-0.05, 0) is 12.8 Å². The standard InChI is InChI=1S/C6H12N2O/c1-5(9)8-4-2-3-6(8)7/h6H,2-4,7H2,1H3/t6-/m0/s1. The van der Waals surface area contributed by atoms with Gasteiger partial charge in [0.25, 0.3) is 0 Å². The smallest absolute Gasteiger partial charge is 0.220 e. The molecule has 0 aromatic carbocycles. The molecule has 1 rings (SSSR count). The van der Waals surface area contributed by atoms with Gasteiger partial charge >= 0.3 is 0 Å². The monoisotopic (exact) mass is 128 g/mol. The molecule has 0 radical (unpaired) electrons. The van der Waals surface area contributed by atoms with Crippen LogP contribution in [0.2, 0.25) is 0 Å². The van der Waals surface area contributed by atoms with E-state index in [1.165, 1.54) is 0 Å². The summed E-state index contributed by atoms with van der Waals surface area (Å²) < 4.78 is 0. The van der Waals surface area contributed by atoms with Gasteiger partial charge in [0.1, 0.15) is 0 Å². The van der Waals surface area contributed by atoms with Gasteiger partial charge in [-0.3, -0.25) is 4.79 Å². The van der Waals surface area contributed by atoms with Gasteiger partial charge in [0.05, 0.1) is 6.17 Å². The maximum atomic E-state index is 10.7. The van der Waals surface area contributed by atoms with Crippen molar-refractivity contribution in [1.29, 1.82) is 0 Å². The number of nitrogens with zero attached hydrogens (tertiary/aromatic N) is 1. The molecule has 0 spiro atoms. The van der Waals surface area contributed by atoms with Crippen LogP contribution >= 0.6 is 0 Å². The molecule has 0 saturated carbocycles. The third-order valence-electron chi connectivity index (χ3n) is 1.70. The van der Waals surface area contributed by atoms with E-state index in [1.807, 2.05) is 0 Å². The highest BCUT2D eigenvalue weighted by atomic mass is 16.2. The minimum Gasteiger partial charge on any atom is -0.328 e. The number of nitrogens with two attached hydrogens (primary N) is 1. The summed E-state index contributed by atoms with van der Waals surface area (Å²) in [6, 6.07) is 0. The van der Waals surface area contributed by atoms with E-state index < -0.39 is 0 Å². The van der Waals surface area contributed by atoms with Crippen LogP contribution in [0.3, 0.4) is 0 Å². The predicted octanol–water partition coefficient (Wildman–Crippen LogP) is -0.0865. The highest BCUT2D eigenvalue weighted by Crippen LogP contribution is 2.11. The minimum absolute atomic E-state index is 0.0116. The van der Waals surface area contributed by atoms with Crippen LogP contribution in [0.15, 0.2) is 0 Å². The second-order valence-electron chi connectivity index (χ2n) is 2.42. The summed E-state index contributed by atoms with van der Waals surface area (Å²) in [5, 5.41) is 0. The Morgan fingerprint density at radius 3 is 2.67 bits per heavy atom. The SMILES string of the molecule is CC(=O)N1CCC[C@H]1N. The van der Waals surface area contributed by atoms with E-state index in [9.17, 15) is 4.79 Å². The Kier molecular flexibility index (Phi) is 1.71. The molecule has 2 N–H and O–H groups in total. The fraction of sp³-hybridized carbons (Fsp3) is 0.833. The Balaban J connectivity index is 2.49.